The van der Waals surface area contributed by atoms with E-state index in [2.05, 4.69) is 15.6 Å². The number of nitrogens with zero attached hydrogens (tertiary/aromatic N) is 1. The summed E-state index contributed by atoms with van der Waals surface area (Å²) in [6.07, 6.45) is 1.21. The summed E-state index contributed by atoms with van der Waals surface area (Å²) >= 11 is 0. The summed E-state index contributed by atoms with van der Waals surface area (Å²) in [5.41, 5.74) is -0.0912. The Bertz CT molecular complexity index is 334. The molecule has 0 aromatic heterocycles. The SMILES string of the molecule is CCNC(=NCCS(C)(=O)=O)NC(C)(C)C.I. The second-order valence-corrected chi connectivity index (χ2v) is 7.03. The van der Waals surface area contributed by atoms with Gasteiger partial charge in [0.1, 0.15) is 9.84 Å². The molecule has 0 aliphatic heterocycles. The van der Waals surface area contributed by atoms with Crippen molar-refractivity contribution >= 4 is 39.8 Å². The molecule has 2 N–H and O–H groups in total. The first kappa shape index (κ1) is 19.3. The lowest BCUT2D eigenvalue weighted by atomic mass is 10.1. The molecule has 7 heteroatoms. The molecule has 0 aromatic carbocycles. The number of aliphatic imine (C=N–C) groups is 1. The van der Waals surface area contributed by atoms with E-state index in [0.29, 0.717) is 5.96 Å². The normalized spacial score (nSPS) is 12.9. The van der Waals surface area contributed by atoms with Crippen molar-refractivity contribution in [2.75, 3.05) is 25.1 Å². The zero-order chi connectivity index (χ0) is 12.8. The maximum Gasteiger partial charge on any atom is 0.191 e. The Morgan fingerprint density at radius 1 is 1.29 bits per heavy atom. The first-order valence-corrected chi connectivity index (χ1v) is 7.44. The van der Waals surface area contributed by atoms with Gasteiger partial charge in [-0.15, -0.1) is 24.0 Å². The highest BCUT2D eigenvalue weighted by Crippen LogP contribution is 1.97. The van der Waals surface area contributed by atoms with E-state index in [0.717, 1.165) is 6.54 Å². The lowest BCUT2D eigenvalue weighted by Crippen LogP contribution is -2.47. The molecule has 0 aromatic rings. The average Bonchev–Trinajstić information content (AvgIpc) is 1.98. The van der Waals surface area contributed by atoms with Crippen LogP contribution in [0.25, 0.3) is 0 Å². The highest BCUT2D eigenvalue weighted by Gasteiger charge is 2.11. The Balaban J connectivity index is 0. The first-order valence-electron chi connectivity index (χ1n) is 5.38. The molecule has 0 atom stereocenters. The van der Waals surface area contributed by atoms with Gasteiger partial charge in [-0.1, -0.05) is 0 Å². The van der Waals surface area contributed by atoms with Crippen LogP contribution in [0.5, 0.6) is 0 Å². The molecular formula is C10H24IN3O2S. The van der Waals surface area contributed by atoms with E-state index < -0.39 is 9.84 Å². The van der Waals surface area contributed by atoms with Gasteiger partial charge in [-0.3, -0.25) is 4.99 Å². The summed E-state index contributed by atoms with van der Waals surface area (Å²) < 4.78 is 21.9. The molecule has 5 nitrogen and oxygen atoms in total. The van der Waals surface area contributed by atoms with Gasteiger partial charge in [0.15, 0.2) is 5.96 Å². The molecule has 0 aliphatic carbocycles. The van der Waals surface area contributed by atoms with Gasteiger partial charge >= 0.3 is 0 Å². The van der Waals surface area contributed by atoms with E-state index in [1.54, 1.807) is 0 Å². The fourth-order valence-corrected chi connectivity index (χ4v) is 1.41. The van der Waals surface area contributed by atoms with Crippen LogP contribution >= 0.6 is 24.0 Å². The molecule has 0 fully saturated rings. The van der Waals surface area contributed by atoms with Crippen LogP contribution in [-0.4, -0.2) is 45.0 Å². The number of hydrogen-bond donors (Lipinski definition) is 2. The molecule has 0 saturated heterocycles. The molecule has 0 bridgehead atoms. The van der Waals surface area contributed by atoms with Gasteiger partial charge in [0, 0.05) is 18.3 Å². The number of nitrogens with one attached hydrogen (secondary N) is 2. The van der Waals surface area contributed by atoms with Crippen molar-refractivity contribution < 1.29 is 8.42 Å². The van der Waals surface area contributed by atoms with Crippen LogP contribution < -0.4 is 10.6 Å². The third-order valence-electron chi connectivity index (χ3n) is 1.57. The fraction of sp³-hybridized carbons (Fsp3) is 0.900. The number of halogens is 1. The van der Waals surface area contributed by atoms with Crippen molar-refractivity contribution in [3.63, 3.8) is 0 Å². The predicted octanol–water partition coefficient (Wildman–Crippen LogP) is 1.00. The van der Waals surface area contributed by atoms with Crippen LogP contribution in [0.3, 0.4) is 0 Å². The van der Waals surface area contributed by atoms with Crippen molar-refractivity contribution in [1.82, 2.24) is 10.6 Å². The Morgan fingerprint density at radius 2 is 1.82 bits per heavy atom. The lowest BCUT2D eigenvalue weighted by Gasteiger charge is -2.23. The van der Waals surface area contributed by atoms with Gasteiger partial charge in [0.25, 0.3) is 0 Å². The van der Waals surface area contributed by atoms with E-state index in [1.807, 2.05) is 27.7 Å². The maximum absolute atomic E-state index is 10.9. The minimum absolute atomic E-state index is 0. The number of rotatable bonds is 4. The molecule has 0 radical (unpaired) electrons. The van der Waals surface area contributed by atoms with Crippen LogP contribution in [-0.2, 0) is 9.84 Å². The minimum Gasteiger partial charge on any atom is -0.357 e. The van der Waals surface area contributed by atoms with Crippen LogP contribution in [0.15, 0.2) is 4.99 Å². The van der Waals surface area contributed by atoms with Crippen molar-refractivity contribution in [2.24, 2.45) is 4.99 Å². The summed E-state index contributed by atoms with van der Waals surface area (Å²) in [7, 11) is -2.94. The Morgan fingerprint density at radius 3 is 2.18 bits per heavy atom. The van der Waals surface area contributed by atoms with Gasteiger partial charge in [-0.2, -0.15) is 0 Å². The molecule has 0 unspecified atom stereocenters. The Labute approximate surface area is 122 Å². The standard InChI is InChI=1S/C10H23N3O2S.HI/c1-6-11-9(13-10(2,3)4)12-7-8-16(5,14)15;/h6-8H2,1-5H3,(H2,11,12,13);1H. The van der Waals surface area contributed by atoms with E-state index in [9.17, 15) is 8.42 Å². The van der Waals surface area contributed by atoms with Crippen LogP contribution in [0.2, 0.25) is 0 Å². The summed E-state index contributed by atoms with van der Waals surface area (Å²) in [6.45, 7) is 9.07. The second-order valence-electron chi connectivity index (χ2n) is 4.77. The molecule has 0 rings (SSSR count). The van der Waals surface area contributed by atoms with E-state index in [-0.39, 0.29) is 41.8 Å². The molecular weight excluding hydrogens is 353 g/mol. The van der Waals surface area contributed by atoms with Gasteiger partial charge in [0.2, 0.25) is 0 Å². The Kier molecular flexibility index (Phi) is 9.22. The molecule has 17 heavy (non-hydrogen) atoms. The summed E-state index contributed by atoms with van der Waals surface area (Å²) in [5.74, 6) is 0.729. The Hall–Kier alpha value is -0.0500. The number of hydrogen-bond acceptors (Lipinski definition) is 3. The van der Waals surface area contributed by atoms with Crippen molar-refractivity contribution in [3.8, 4) is 0 Å². The van der Waals surface area contributed by atoms with Gasteiger partial charge in [-0.25, -0.2) is 8.42 Å². The van der Waals surface area contributed by atoms with Gasteiger partial charge < -0.3 is 10.6 Å². The summed E-state index contributed by atoms with van der Waals surface area (Å²) in [4.78, 5) is 4.20. The molecule has 0 spiro atoms. The van der Waals surface area contributed by atoms with E-state index in [4.69, 9.17) is 0 Å². The van der Waals surface area contributed by atoms with Crippen molar-refractivity contribution in [2.45, 2.75) is 33.2 Å². The smallest absolute Gasteiger partial charge is 0.191 e. The first-order chi connectivity index (χ1) is 7.14. The topological polar surface area (TPSA) is 70.6 Å². The predicted molar refractivity (Wildman–Crippen MR) is 84.0 cm³/mol. The highest BCUT2D eigenvalue weighted by atomic mass is 127. The quantitative estimate of drug-likeness (QED) is 0.436. The third-order valence-corrected chi connectivity index (χ3v) is 2.49. The molecule has 0 heterocycles. The maximum atomic E-state index is 10.9. The molecule has 0 saturated carbocycles. The van der Waals surface area contributed by atoms with E-state index in [1.165, 1.54) is 6.26 Å². The van der Waals surface area contributed by atoms with Gasteiger partial charge in [0.05, 0.1) is 12.3 Å². The fourth-order valence-electron chi connectivity index (χ4n) is 0.986. The number of sulfone groups is 1. The van der Waals surface area contributed by atoms with Crippen LogP contribution in [0, 0.1) is 0 Å². The molecule has 0 amide bonds. The molecule has 104 valence electrons. The largest absolute Gasteiger partial charge is 0.357 e. The summed E-state index contributed by atoms with van der Waals surface area (Å²) in [5, 5.41) is 6.26. The average molecular weight is 377 g/mol. The lowest BCUT2D eigenvalue weighted by molar-refractivity contribution is 0.502. The summed E-state index contributed by atoms with van der Waals surface area (Å²) in [6, 6.07) is 0. The zero-order valence-electron chi connectivity index (χ0n) is 11.2. The minimum atomic E-state index is -2.94. The molecule has 0 aliphatic rings. The van der Waals surface area contributed by atoms with E-state index >= 15 is 0 Å². The number of guanidine groups is 1. The van der Waals surface area contributed by atoms with Crippen LogP contribution in [0.4, 0.5) is 0 Å². The van der Waals surface area contributed by atoms with Crippen LogP contribution in [0.1, 0.15) is 27.7 Å². The highest BCUT2D eigenvalue weighted by molar-refractivity contribution is 14.0. The van der Waals surface area contributed by atoms with Crippen molar-refractivity contribution in [1.29, 1.82) is 0 Å². The van der Waals surface area contributed by atoms with Crippen molar-refractivity contribution in [3.05, 3.63) is 0 Å². The monoisotopic (exact) mass is 377 g/mol. The second kappa shape index (κ2) is 8.12. The third kappa shape index (κ3) is 13.9. The van der Waals surface area contributed by atoms with Gasteiger partial charge in [-0.05, 0) is 27.7 Å². The zero-order valence-corrected chi connectivity index (χ0v) is 14.3.